The van der Waals surface area contributed by atoms with Gasteiger partial charge in [0, 0.05) is 12.1 Å². The van der Waals surface area contributed by atoms with Crippen molar-refractivity contribution in [2.45, 2.75) is 13.1 Å². The van der Waals surface area contributed by atoms with E-state index in [4.69, 9.17) is 0 Å². The summed E-state index contributed by atoms with van der Waals surface area (Å²) in [5.74, 6) is -1.95. The van der Waals surface area contributed by atoms with E-state index in [9.17, 15) is 23.2 Å². The predicted octanol–water partition coefficient (Wildman–Crippen LogP) is 2.65. The second-order valence-electron chi connectivity index (χ2n) is 7.17. The van der Waals surface area contributed by atoms with Crippen LogP contribution in [0.3, 0.4) is 0 Å². The summed E-state index contributed by atoms with van der Waals surface area (Å²) in [6.07, 6.45) is 0. The van der Waals surface area contributed by atoms with Crippen molar-refractivity contribution < 1.29 is 13.6 Å². The van der Waals surface area contributed by atoms with E-state index in [1.165, 1.54) is 30.3 Å². The SMILES string of the molecule is O=C(NCc1ccccc1)c1nn(-c2ccc(F)cc2)c(=O)n(Cc2ccccc2F)c1=O. The average molecular weight is 448 g/mol. The molecule has 1 aromatic heterocycles. The third kappa shape index (κ3) is 4.77. The highest BCUT2D eigenvalue weighted by Crippen LogP contribution is 2.08. The first kappa shape index (κ1) is 21.8. The van der Waals surface area contributed by atoms with E-state index in [2.05, 4.69) is 10.4 Å². The Morgan fingerprint density at radius 3 is 2.24 bits per heavy atom. The molecule has 7 nitrogen and oxygen atoms in total. The molecule has 0 fully saturated rings. The summed E-state index contributed by atoms with van der Waals surface area (Å²) in [7, 11) is 0. The first-order chi connectivity index (χ1) is 15.9. The summed E-state index contributed by atoms with van der Waals surface area (Å²) in [5, 5.41) is 6.55. The molecule has 0 atom stereocenters. The van der Waals surface area contributed by atoms with E-state index in [1.807, 2.05) is 6.07 Å². The molecule has 0 bridgehead atoms. The Bertz CT molecular complexity index is 1410. The Morgan fingerprint density at radius 2 is 1.55 bits per heavy atom. The monoisotopic (exact) mass is 448 g/mol. The third-order valence-corrected chi connectivity index (χ3v) is 4.93. The number of carbonyl (C=O) groups is 1. The van der Waals surface area contributed by atoms with E-state index in [-0.39, 0.29) is 17.8 Å². The summed E-state index contributed by atoms with van der Waals surface area (Å²) >= 11 is 0. The second kappa shape index (κ2) is 9.39. The van der Waals surface area contributed by atoms with Crippen molar-refractivity contribution in [1.29, 1.82) is 0 Å². The van der Waals surface area contributed by atoms with Crippen LogP contribution >= 0.6 is 0 Å². The van der Waals surface area contributed by atoms with Gasteiger partial charge in [0.05, 0.1) is 12.2 Å². The van der Waals surface area contributed by atoms with Gasteiger partial charge < -0.3 is 5.32 Å². The van der Waals surface area contributed by atoms with Crippen LogP contribution in [0.15, 0.2) is 88.5 Å². The fraction of sp³-hybridized carbons (Fsp3) is 0.0833. The summed E-state index contributed by atoms with van der Waals surface area (Å²) in [6, 6.07) is 19.5. The molecule has 4 aromatic rings. The van der Waals surface area contributed by atoms with Crippen LogP contribution in [0.1, 0.15) is 21.6 Å². The van der Waals surface area contributed by atoms with Gasteiger partial charge in [0.25, 0.3) is 11.5 Å². The van der Waals surface area contributed by atoms with E-state index >= 15 is 0 Å². The number of amides is 1. The maximum Gasteiger partial charge on any atom is 0.352 e. The van der Waals surface area contributed by atoms with E-state index < -0.39 is 41.0 Å². The largest absolute Gasteiger partial charge is 0.352 e. The van der Waals surface area contributed by atoms with Gasteiger partial charge in [-0.25, -0.2) is 13.6 Å². The van der Waals surface area contributed by atoms with Crippen molar-refractivity contribution in [3.05, 3.63) is 128 Å². The predicted molar refractivity (Wildman–Crippen MR) is 117 cm³/mol. The Labute approximate surface area is 186 Å². The first-order valence-electron chi connectivity index (χ1n) is 9.99. The zero-order valence-corrected chi connectivity index (χ0v) is 17.2. The number of rotatable bonds is 6. The number of benzene rings is 3. The molecule has 0 saturated carbocycles. The van der Waals surface area contributed by atoms with Crippen molar-refractivity contribution in [1.82, 2.24) is 19.7 Å². The Kier molecular flexibility index (Phi) is 6.21. The van der Waals surface area contributed by atoms with Crippen LogP contribution in [0.25, 0.3) is 5.69 Å². The molecule has 0 radical (unpaired) electrons. The topological polar surface area (TPSA) is 86.0 Å². The van der Waals surface area contributed by atoms with Gasteiger partial charge >= 0.3 is 5.69 Å². The van der Waals surface area contributed by atoms with Crippen LogP contribution in [0.2, 0.25) is 0 Å². The number of nitrogens with one attached hydrogen (secondary N) is 1. The van der Waals surface area contributed by atoms with Crippen LogP contribution in [0.4, 0.5) is 8.78 Å². The summed E-state index contributed by atoms with van der Waals surface area (Å²) < 4.78 is 29.1. The molecule has 3 aromatic carbocycles. The smallest absolute Gasteiger partial charge is 0.346 e. The first-order valence-corrected chi connectivity index (χ1v) is 9.99. The lowest BCUT2D eigenvalue weighted by Gasteiger charge is -2.13. The van der Waals surface area contributed by atoms with Gasteiger partial charge in [-0.05, 0) is 35.9 Å². The van der Waals surface area contributed by atoms with Crippen molar-refractivity contribution in [3.63, 3.8) is 0 Å². The number of halogens is 2. The molecule has 4 rings (SSSR count). The lowest BCUT2D eigenvalue weighted by atomic mass is 10.2. The lowest BCUT2D eigenvalue weighted by molar-refractivity contribution is 0.0941. The zero-order valence-electron chi connectivity index (χ0n) is 17.2. The van der Waals surface area contributed by atoms with Gasteiger partial charge in [-0.15, -0.1) is 0 Å². The molecular formula is C24H18F2N4O3. The van der Waals surface area contributed by atoms with Crippen molar-refractivity contribution in [2.24, 2.45) is 0 Å². The highest BCUT2D eigenvalue weighted by molar-refractivity contribution is 5.91. The third-order valence-electron chi connectivity index (χ3n) is 4.93. The van der Waals surface area contributed by atoms with Gasteiger partial charge in [0.15, 0.2) is 0 Å². The molecule has 0 aliphatic heterocycles. The molecule has 1 heterocycles. The van der Waals surface area contributed by atoms with Crippen LogP contribution in [-0.2, 0) is 13.1 Å². The van der Waals surface area contributed by atoms with Gasteiger partial charge in [-0.3, -0.25) is 14.2 Å². The maximum atomic E-state index is 14.2. The molecule has 0 saturated heterocycles. The normalized spacial score (nSPS) is 10.7. The molecule has 0 spiro atoms. The van der Waals surface area contributed by atoms with Crippen LogP contribution in [0, 0.1) is 11.6 Å². The standard InChI is InChI=1S/C24H18F2N4O3/c25-18-10-12-19(13-11-18)30-24(33)29(15-17-8-4-5-9-20(17)26)23(32)21(28-30)22(31)27-14-16-6-2-1-3-7-16/h1-13H,14-15H2,(H,27,31). The average Bonchev–Trinajstić information content (AvgIpc) is 2.83. The lowest BCUT2D eigenvalue weighted by Crippen LogP contribution is -2.46. The number of hydrogen-bond donors (Lipinski definition) is 1. The zero-order chi connectivity index (χ0) is 23.4. The van der Waals surface area contributed by atoms with Crippen LogP contribution < -0.4 is 16.6 Å². The maximum absolute atomic E-state index is 14.2. The van der Waals surface area contributed by atoms with Gasteiger partial charge in [0.1, 0.15) is 11.6 Å². The number of aromatic nitrogens is 3. The van der Waals surface area contributed by atoms with Gasteiger partial charge in [-0.2, -0.15) is 9.78 Å². The van der Waals surface area contributed by atoms with Gasteiger partial charge in [0.2, 0.25) is 5.69 Å². The van der Waals surface area contributed by atoms with Crippen molar-refractivity contribution >= 4 is 5.91 Å². The summed E-state index contributed by atoms with van der Waals surface area (Å²) in [4.78, 5) is 38.9. The van der Waals surface area contributed by atoms with E-state index in [1.54, 1.807) is 30.3 Å². The number of nitrogens with zero attached hydrogens (tertiary/aromatic N) is 3. The molecule has 166 valence electrons. The minimum Gasteiger partial charge on any atom is -0.346 e. The molecule has 1 N–H and O–H groups in total. The van der Waals surface area contributed by atoms with E-state index in [0.717, 1.165) is 26.9 Å². The molecule has 0 unspecified atom stereocenters. The van der Waals surface area contributed by atoms with E-state index in [0.29, 0.717) is 0 Å². The number of hydrogen-bond acceptors (Lipinski definition) is 4. The Morgan fingerprint density at radius 1 is 0.879 bits per heavy atom. The van der Waals surface area contributed by atoms with Gasteiger partial charge in [-0.1, -0.05) is 48.5 Å². The fourth-order valence-electron chi connectivity index (χ4n) is 3.21. The van der Waals surface area contributed by atoms with Crippen molar-refractivity contribution in [3.8, 4) is 5.69 Å². The molecule has 9 heteroatoms. The molecular weight excluding hydrogens is 430 g/mol. The highest BCUT2D eigenvalue weighted by Gasteiger charge is 2.21. The second-order valence-corrected chi connectivity index (χ2v) is 7.17. The summed E-state index contributed by atoms with van der Waals surface area (Å²) in [6.45, 7) is -0.281. The minimum atomic E-state index is -0.966. The number of carbonyl (C=O) groups excluding carboxylic acids is 1. The summed E-state index contributed by atoms with van der Waals surface area (Å²) in [5.41, 5.74) is -1.39. The molecule has 0 aliphatic rings. The molecule has 33 heavy (non-hydrogen) atoms. The Hall–Kier alpha value is -4.40. The highest BCUT2D eigenvalue weighted by atomic mass is 19.1. The van der Waals surface area contributed by atoms with Crippen molar-refractivity contribution in [2.75, 3.05) is 0 Å². The quantitative estimate of drug-likeness (QED) is 0.492. The molecule has 1 amide bonds. The van der Waals surface area contributed by atoms with Crippen LogP contribution in [-0.4, -0.2) is 20.3 Å². The molecule has 0 aliphatic carbocycles. The minimum absolute atomic E-state index is 0.0872. The van der Waals surface area contributed by atoms with Crippen LogP contribution in [0.5, 0.6) is 0 Å². The fourth-order valence-corrected chi connectivity index (χ4v) is 3.21. The Balaban J connectivity index is 1.79.